The van der Waals surface area contributed by atoms with E-state index < -0.39 is 10.0 Å². The van der Waals surface area contributed by atoms with E-state index in [1.807, 2.05) is 13.8 Å². The monoisotopic (exact) mass is 322 g/mol. The van der Waals surface area contributed by atoms with Crippen molar-refractivity contribution in [2.75, 3.05) is 0 Å². The van der Waals surface area contributed by atoms with Crippen LogP contribution >= 0.6 is 23.2 Å². The Labute approximate surface area is 123 Å². The highest BCUT2D eigenvalue weighted by molar-refractivity contribution is 7.89. The van der Waals surface area contributed by atoms with Crippen molar-refractivity contribution in [2.24, 2.45) is 11.1 Å². The second kappa shape index (κ2) is 4.90. The summed E-state index contributed by atoms with van der Waals surface area (Å²) in [6.45, 7) is 4.18. The van der Waals surface area contributed by atoms with Gasteiger partial charge in [-0.2, -0.15) is 0 Å². The molecule has 3 N–H and O–H groups in total. The molecule has 1 saturated carbocycles. The predicted octanol–water partition coefficient (Wildman–Crippen LogP) is 2.53. The fourth-order valence-corrected chi connectivity index (χ4v) is 4.13. The molecule has 0 spiro atoms. The van der Waals surface area contributed by atoms with Gasteiger partial charge in [0, 0.05) is 17.6 Å². The topological polar surface area (TPSA) is 72.2 Å². The average Bonchev–Trinajstić information content (AvgIpc) is 2.84. The van der Waals surface area contributed by atoms with Gasteiger partial charge in [0.25, 0.3) is 0 Å². The van der Waals surface area contributed by atoms with Crippen LogP contribution in [0.25, 0.3) is 0 Å². The number of nitrogens with one attached hydrogen (secondary N) is 1. The van der Waals surface area contributed by atoms with Gasteiger partial charge >= 0.3 is 0 Å². The highest BCUT2D eigenvalue weighted by Crippen LogP contribution is 2.45. The zero-order chi connectivity index (χ0) is 14.4. The second-order valence-corrected chi connectivity index (χ2v) is 7.94. The Morgan fingerprint density at radius 3 is 2.42 bits per heavy atom. The minimum Gasteiger partial charge on any atom is -0.326 e. The molecule has 106 valence electrons. The third-order valence-corrected chi connectivity index (χ3v) is 5.71. The number of benzene rings is 1. The summed E-state index contributed by atoms with van der Waals surface area (Å²) < 4.78 is 27.2. The smallest absolute Gasteiger partial charge is 0.242 e. The van der Waals surface area contributed by atoms with E-state index in [-0.39, 0.29) is 27.9 Å². The molecule has 1 aromatic carbocycles. The second-order valence-electron chi connectivity index (χ2n) is 5.44. The van der Waals surface area contributed by atoms with Crippen LogP contribution in [0.2, 0.25) is 10.0 Å². The zero-order valence-electron chi connectivity index (χ0n) is 10.7. The van der Waals surface area contributed by atoms with Crippen molar-refractivity contribution in [3.05, 3.63) is 27.7 Å². The molecule has 1 atom stereocenters. The van der Waals surface area contributed by atoms with Gasteiger partial charge < -0.3 is 5.73 Å². The van der Waals surface area contributed by atoms with Crippen molar-refractivity contribution < 1.29 is 8.42 Å². The van der Waals surface area contributed by atoms with E-state index in [0.717, 1.165) is 6.42 Å². The molecular formula is C12H16Cl2N2O2S. The van der Waals surface area contributed by atoms with E-state index in [0.29, 0.717) is 10.6 Å². The van der Waals surface area contributed by atoms with Crippen molar-refractivity contribution in [1.82, 2.24) is 4.72 Å². The molecule has 19 heavy (non-hydrogen) atoms. The number of hydrogen-bond donors (Lipinski definition) is 2. The average molecular weight is 323 g/mol. The van der Waals surface area contributed by atoms with Crippen LogP contribution in [-0.4, -0.2) is 14.5 Å². The van der Waals surface area contributed by atoms with Crippen molar-refractivity contribution in [3.63, 3.8) is 0 Å². The molecule has 2 rings (SSSR count). The van der Waals surface area contributed by atoms with Crippen LogP contribution in [0.3, 0.4) is 0 Å². The SMILES string of the molecule is CC1(C)CC1NS(=O)(=O)c1cc(CN)c(Cl)cc1Cl. The van der Waals surface area contributed by atoms with Gasteiger partial charge in [-0.05, 0) is 29.5 Å². The van der Waals surface area contributed by atoms with Crippen LogP contribution in [0.4, 0.5) is 0 Å². The zero-order valence-corrected chi connectivity index (χ0v) is 13.0. The first-order valence-corrected chi connectivity index (χ1v) is 8.11. The Hall–Kier alpha value is -0.330. The number of hydrogen-bond acceptors (Lipinski definition) is 3. The number of sulfonamides is 1. The van der Waals surface area contributed by atoms with Crippen LogP contribution in [-0.2, 0) is 16.6 Å². The van der Waals surface area contributed by atoms with Gasteiger partial charge in [0.15, 0.2) is 0 Å². The summed E-state index contributed by atoms with van der Waals surface area (Å²) in [5, 5.41) is 0.478. The lowest BCUT2D eigenvalue weighted by molar-refractivity contribution is 0.555. The van der Waals surface area contributed by atoms with Crippen LogP contribution in [0.5, 0.6) is 0 Å². The quantitative estimate of drug-likeness (QED) is 0.894. The van der Waals surface area contributed by atoms with Crippen LogP contribution in [0, 0.1) is 5.41 Å². The summed E-state index contributed by atoms with van der Waals surface area (Å²) in [7, 11) is -3.64. The fraction of sp³-hybridized carbons (Fsp3) is 0.500. The molecular weight excluding hydrogens is 307 g/mol. The summed E-state index contributed by atoms with van der Waals surface area (Å²) in [6, 6.07) is 2.80. The van der Waals surface area contributed by atoms with E-state index in [9.17, 15) is 8.42 Å². The van der Waals surface area contributed by atoms with Gasteiger partial charge in [-0.3, -0.25) is 0 Å². The van der Waals surface area contributed by atoms with Crippen LogP contribution in [0.1, 0.15) is 25.8 Å². The third kappa shape index (κ3) is 3.06. The summed E-state index contributed by atoms with van der Waals surface area (Å²) in [5.41, 5.74) is 6.09. The molecule has 0 heterocycles. The maximum Gasteiger partial charge on any atom is 0.242 e. The first-order chi connectivity index (χ1) is 8.67. The van der Waals surface area contributed by atoms with Crippen LogP contribution in [0.15, 0.2) is 17.0 Å². The number of nitrogens with two attached hydrogens (primary N) is 1. The lowest BCUT2D eigenvalue weighted by atomic mass is 10.2. The normalized spacial score (nSPS) is 21.4. The molecule has 1 aliphatic rings. The summed E-state index contributed by atoms with van der Waals surface area (Å²) in [6.07, 6.45) is 0.821. The standard InChI is InChI=1S/C12H16Cl2N2O2S/c1-12(2)5-11(12)16-19(17,18)10-3-7(6-15)8(13)4-9(10)14/h3-4,11,16H,5-6,15H2,1-2H3. The molecule has 1 aliphatic carbocycles. The third-order valence-electron chi connectivity index (χ3n) is 3.42. The lowest BCUT2D eigenvalue weighted by Gasteiger charge is -2.12. The summed E-state index contributed by atoms with van der Waals surface area (Å²) in [4.78, 5) is 0.0294. The van der Waals surface area contributed by atoms with Gasteiger partial charge in [-0.1, -0.05) is 37.0 Å². The van der Waals surface area contributed by atoms with Crippen molar-refractivity contribution >= 4 is 33.2 Å². The largest absolute Gasteiger partial charge is 0.326 e. The summed E-state index contributed by atoms with van der Waals surface area (Å²) >= 11 is 11.9. The van der Waals surface area contributed by atoms with E-state index in [1.165, 1.54) is 12.1 Å². The van der Waals surface area contributed by atoms with Crippen molar-refractivity contribution in [1.29, 1.82) is 0 Å². The molecule has 0 aliphatic heterocycles. The molecule has 0 amide bonds. The highest BCUT2D eigenvalue weighted by Gasteiger charge is 2.48. The maximum absolute atomic E-state index is 12.3. The van der Waals surface area contributed by atoms with Gasteiger partial charge in [-0.25, -0.2) is 13.1 Å². The van der Waals surface area contributed by atoms with E-state index in [4.69, 9.17) is 28.9 Å². The predicted molar refractivity (Wildman–Crippen MR) is 76.9 cm³/mol. The Bertz CT molecular complexity index is 614. The number of halogens is 2. The van der Waals surface area contributed by atoms with Gasteiger partial charge in [0.2, 0.25) is 10.0 Å². The highest BCUT2D eigenvalue weighted by atomic mass is 35.5. The van der Waals surface area contributed by atoms with Gasteiger partial charge in [-0.15, -0.1) is 0 Å². The van der Waals surface area contributed by atoms with Crippen molar-refractivity contribution in [3.8, 4) is 0 Å². The fourth-order valence-electron chi connectivity index (χ4n) is 1.85. The van der Waals surface area contributed by atoms with Gasteiger partial charge in [0.05, 0.1) is 5.02 Å². The maximum atomic E-state index is 12.3. The summed E-state index contributed by atoms with van der Waals surface area (Å²) in [5.74, 6) is 0. The molecule has 0 aromatic heterocycles. The molecule has 7 heteroatoms. The number of rotatable bonds is 4. The van der Waals surface area contributed by atoms with E-state index in [1.54, 1.807) is 0 Å². The van der Waals surface area contributed by atoms with Crippen molar-refractivity contribution in [2.45, 2.75) is 37.8 Å². The molecule has 0 saturated heterocycles. The van der Waals surface area contributed by atoms with E-state index in [2.05, 4.69) is 4.72 Å². The Balaban J connectivity index is 2.35. The first kappa shape index (κ1) is 15.1. The molecule has 1 fully saturated rings. The molecule has 1 unspecified atom stereocenters. The minimum absolute atomic E-state index is 0.00265. The van der Waals surface area contributed by atoms with Crippen LogP contribution < -0.4 is 10.5 Å². The Kier molecular flexibility index (Phi) is 3.88. The molecule has 0 radical (unpaired) electrons. The molecule has 1 aromatic rings. The molecule has 0 bridgehead atoms. The van der Waals surface area contributed by atoms with E-state index >= 15 is 0 Å². The lowest BCUT2D eigenvalue weighted by Crippen LogP contribution is -2.29. The first-order valence-electron chi connectivity index (χ1n) is 5.88. The molecule has 4 nitrogen and oxygen atoms in total. The minimum atomic E-state index is -3.64. The van der Waals surface area contributed by atoms with Gasteiger partial charge in [0.1, 0.15) is 4.90 Å². The Morgan fingerprint density at radius 1 is 1.37 bits per heavy atom. The Morgan fingerprint density at radius 2 is 1.95 bits per heavy atom.